The van der Waals surface area contributed by atoms with Crippen molar-refractivity contribution in [3.05, 3.63) is 65.7 Å². The fraction of sp³-hybridized carbons (Fsp3) is 0.348. The average Bonchev–Trinajstić information content (AvgIpc) is 2.76. The predicted octanol–water partition coefficient (Wildman–Crippen LogP) is 3.43. The van der Waals surface area contributed by atoms with Gasteiger partial charge in [0.15, 0.2) is 21.5 Å². The van der Waals surface area contributed by atoms with Crippen molar-refractivity contribution in [1.29, 1.82) is 5.26 Å². The van der Waals surface area contributed by atoms with E-state index < -0.39 is 27.4 Å². The molecule has 6 nitrogen and oxygen atoms in total. The Balaban J connectivity index is 1.67. The number of amides is 1. The first-order valence-electron chi connectivity index (χ1n) is 10.0. The highest BCUT2D eigenvalue weighted by atomic mass is 32.2. The van der Waals surface area contributed by atoms with Crippen LogP contribution in [0.2, 0.25) is 0 Å². The summed E-state index contributed by atoms with van der Waals surface area (Å²) in [6.07, 6.45) is 4.93. The molecule has 1 saturated carbocycles. The third-order valence-corrected chi connectivity index (χ3v) is 7.01. The van der Waals surface area contributed by atoms with Gasteiger partial charge in [-0.05, 0) is 30.5 Å². The largest absolute Gasteiger partial charge is 0.352 e. The van der Waals surface area contributed by atoms with Crippen LogP contribution in [0.5, 0.6) is 0 Å². The van der Waals surface area contributed by atoms with E-state index in [-0.39, 0.29) is 22.3 Å². The Labute approximate surface area is 176 Å². The molecule has 156 valence electrons. The fourth-order valence-electron chi connectivity index (χ4n) is 3.63. The Morgan fingerprint density at radius 2 is 1.63 bits per heavy atom. The highest BCUT2D eigenvalue weighted by Gasteiger charge is 2.29. The molecule has 1 fully saturated rings. The summed E-state index contributed by atoms with van der Waals surface area (Å²) in [6, 6.07) is 16.0. The third kappa shape index (κ3) is 5.33. The molecule has 2 aromatic carbocycles. The van der Waals surface area contributed by atoms with E-state index in [0.717, 1.165) is 32.1 Å². The fourth-order valence-corrected chi connectivity index (χ4v) is 5.00. The lowest BCUT2D eigenvalue weighted by Crippen LogP contribution is -2.42. The van der Waals surface area contributed by atoms with Crippen LogP contribution in [0.3, 0.4) is 0 Å². The molecule has 1 atom stereocenters. The molecule has 0 heterocycles. The SMILES string of the molecule is N#CC(C(=O)NC1CCCCC1)C(=O)c1ccc(CS(=O)(=O)c2ccccc2)cc1. The number of rotatable bonds is 7. The maximum atomic E-state index is 12.7. The molecular weight excluding hydrogens is 400 g/mol. The molecule has 0 spiro atoms. The Morgan fingerprint density at radius 3 is 2.23 bits per heavy atom. The molecule has 1 aliphatic rings. The van der Waals surface area contributed by atoms with Gasteiger partial charge in [0.05, 0.1) is 16.7 Å². The number of benzene rings is 2. The smallest absolute Gasteiger partial charge is 0.245 e. The summed E-state index contributed by atoms with van der Waals surface area (Å²) in [6.45, 7) is 0. The van der Waals surface area contributed by atoms with Crippen molar-refractivity contribution in [2.45, 2.75) is 48.8 Å². The highest BCUT2D eigenvalue weighted by molar-refractivity contribution is 7.90. The number of sulfone groups is 1. The number of ketones is 1. The van der Waals surface area contributed by atoms with Crippen molar-refractivity contribution >= 4 is 21.5 Å². The number of nitriles is 1. The zero-order chi connectivity index (χ0) is 21.6. The molecule has 1 unspecified atom stereocenters. The van der Waals surface area contributed by atoms with Crippen molar-refractivity contribution < 1.29 is 18.0 Å². The molecule has 1 amide bonds. The standard InChI is InChI=1S/C23H24N2O4S/c24-15-21(23(27)25-19-7-3-1-4-8-19)22(26)18-13-11-17(12-14-18)16-30(28,29)20-9-5-2-6-10-20/h2,5-6,9-14,19,21H,1,3-4,7-8,16H2,(H,25,27). The van der Waals surface area contributed by atoms with Crippen LogP contribution < -0.4 is 5.32 Å². The van der Waals surface area contributed by atoms with E-state index in [1.807, 2.05) is 0 Å². The summed E-state index contributed by atoms with van der Waals surface area (Å²) in [4.78, 5) is 25.3. The lowest BCUT2D eigenvalue weighted by Gasteiger charge is -2.23. The molecule has 2 aromatic rings. The zero-order valence-corrected chi connectivity index (χ0v) is 17.4. The summed E-state index contributed by atoms with van der Waals surface area (Å²) >= 11 is 0. The topological polar surface area (TPSA) is 104 Å². The van der Waals surface area contributed by atoms with Crippen LogP contribution in [0.1, 0.15) is 48.0 Å². The molecule has 7 heteroatoms. The van der Waals surface area contributed by atoms with E-state index in [2.05, 4.69) is 5.32 Å². The van der Waals surface area contributed by atoms with E-state index in [9.17, 15) is 23.3 Å². The van der Waals surface area contributed by atoms with Crippen molar-refractivity contribution in [3.8, 4) is 6.07 Å². The Kier molecular flexibility index (Phi) is 7.01. The first kappa shape index (κ1) is 21.7. The second-order valence-corrected chi connectivity index (χ2v) is 9.53. The lowest BCUT2D eigenvalue weighted by molar-refractivity contribution is -0.123. The Hall–Kier alpha value is -2.98. The van der Waals surface area contributed by atoms with Crippen LogP contribution in [0, 0.1) is 17.2 Å². The van der Waals surface area contributed by atoms with Gasteiger partial charge in [0, 0.05) is 11.6 Å². The molecule has 0 saturated heterocycles. The predicted molar refractivity (Wildman–Crippen MR) is 112 cm³/mol. The van der Waals surface area contributed by atoms with Crippen molar-refractivity contribution in [2.24, 2.45) is 5.92 Å². The first-order valence-corrected chi connectivity index (χ1v) is 11.7. The van der Waals surface area contributed by atoms with Crippen molar-refractivity contribution in [1.82, 2.24) is 5.32 Å². The van der Waals surface area contributed by atoms with Crippen LogP contribution in [0.15, 0.2) is 59.5 Å². The number of carbonyl (C=O) groups excluding carboxylic acids is 2. The number of hydrogen-bond acceptors (Lipinski definition) is 5. The van der Waals surface area contributed by atoms with Gasteiger partial charge in [0.25, 0.3) is 0 Å². The zero-order valence-electron chi connectivity index (χ0n) is 16.6. The molecule has 0 radical (unpaired) electrons. The minimum absolute atomic E-state index is 0.0143. The summed E-state index contributed by atoms with van der Waals surface area (Å²) in [7, 11) is -3.50. The van der Waals surface area contributed by atoms with Gasteiger partial charge in [0.1, 0.15) is 0 Å². The van der Waals surface area contributed by atoms with Gasteiger partial charge < -0.3 is 5.32 Å². The second kappa shape index (κ2) is 9.68. The first-order chi connectivity index (χ1) is 14.4. The van der Waals surface area contributed by atoms with E-state index in [1.54, 1.807) is 36.4 Å². The van der Waals surface area contributed by atoms with Crippen molar-refractivity contribution in [3.63, 3.8) is 0 Å². The number of nitrogens with one attached hydrogen (secondary N) is 1. The molecule has 30 heavy (non-hydrogen) atoms. The molecule has 1 aliphatic carbocycles. The van der Waals surface area contributed by atoms with Gasteiger partial charge >= 0.3 is 0 Å². The molecular formula is C23H24N2O4S. The lowest BCUT2D eigenvalue weighted by atomic mass is 9.93. The van der Waals surface area contributed by atoms with Gasteiger partial charge in [-0.2, -0.15) is 5.26 Å². The molecule has 0 aromatic heterocycles. The number of nitrogens with zero attached hydrogens (tertiary/aromatic N) is 1. The van der Waals surface area contributed by atoms with Crippen LogP contribution in [0.25, 0.3) is 0 Å². The molecule has 1 N–H and O–H groups in total. The van der Waals surface area contributed by atoms with Crippen LogP contribution >= 0.6 is 0 Å². The molecule has 0 aliphatic heterocycles. The number of hydrogen-bond donors (Lipinski definition) is 1. The van der Waals surface area contributed by atoms with E-state index in [1.165, 1.54) is 24.3 Å². The molecule has 0 bridgehead atoms. The summed E-state index contributed by atoms with van der Waals surface area (Å²) in [5, 5.41) is 12.2. The van der Waals surface area contributed by atoms with E-state index in [4.69, 9.17) is 0 Å². The van der Waals surface area contributed by atoms with Gasteiger partial charge in [-0.15, -0.1) is 0 Å². The monoisotopic (exact) mass is 424 g/mol. The van der Waals surface area contributed by atoms with Gasteiger partial charge in [0.2, 0.25) is 5.91 Å². The highest BCUT2D eigenvalue weighted by Crippen LogP contribution is 2.20. The van der Waals surface area contributed by atoms with E-state index >= 15 is 0 Å². The minimum Gasteiger partial charge on any atom is -0.352 e. The minimum atomic E-state index is -3.50. The maximum absolute atomic E-state index is 12.7. The van der Waals surface area contributed by atoms with Crippen molar-refractivity contribution in [2.75, 3.05) is 0 Å². The summed E-state index contributed by atoms with van der Waals surface area (Å²) < 4.78 is 25.0. The van der Waals surface area contributed by atoms with Gasteiger partial charge in [-0.25, -0.2) is 8.42 Å². The third-order valence-electron chi connectivity index (χ3n) is 5.30. The number of Topliss-reactive ketones (excluding diaryl/α,β-unsaturated/α-hetero) is 1. The summed E-state index contributed by atoms with van der Waals surface area (Å²) in [5.74, 6) is -2.76. The Bertz CT molecular complexity index is 1030. The number of carbonyl (C=O) groups is 2. The van der Waals surface area contributed by atoms with Gasteiger partial charge in [-0.1, -0.05) is 61.7 Å². The second-order valence-electron chi connectivity index (χ2n) is 7.54. The van der Waals surface area contributed by atoms with Crippen LogP contribution in [-0.2, 0) is 20.4 Å². The molecule has 3 rings (SSSR count). The Morgan fingerprint density at radius 1 is 1.00 bits per heavy atom. The van der Waals surface area contributed by atoms with Crippen LogP contribution in [0.4, 0.5) is 0 Å². The quantitative estimate of drug-likeness (QED) is 0.542. The average molecular weight is 425 g/mol. The summed E-state index contributed by atoms with van der Waals surface area (Å²) in [5.41, 5.74) is 0.733. The maximum Gasteiger partial charge on any atom is 0.245 e. The normalized spacial score (nSPS) is 15.7. The van der Waals surface area contributed by atoms with E-state index in [0.29, 0.717) is 5.56 Å². The van der Waals surface area contributed by atoms with Gasteiger partial charge in [-0.3, -0.25) is 9.59 Å². The van der Waals surface area contributed by atoms with Crippen LogP contribution in [-0.4, -0.2) is 26.2 Å².